The molecule has 1 aromatic rings. The zero-order valence-corrected chi connectivity index (χ0v) is 11.3. The summed E-state index contributed by atoms with van der Waals surface area (Å²) in [5, 5.41) is 21.9. The molecule has 1 heterocycles. The summed E-state index contributed by atoms with van der Waals surface area (Å²) in [4.78, 5) is 36.4. The largest absolute Gasteiger partial charge is 0.480 e. The van der Waals surface area contributed by atoms with Crippen LogP contribution >= 0.6 is 11.6 Å². The molecule has 0 saturated heterocycles. The van der Waals surface area contributed by atoms with Crippen LogP contribution in [-0.4, -0.2) is 32.9 Å². The summed E-state index contributed by atoms with van der Waals surface area (Å²) in [7, 11) is 0. The molecular formula is C11H12ClN3O5. The van der Waals surface area contributed by atoms with Crippen LogP contribution in [0.25, 0.3) is 0 Å². The SMILES string of the molecule is CCC[C@@H](NC(=O)c1cc(Cl)ncc1[N+](=O)[O-])C(=O)O. The number of hydrogen-bond donors (Lipinski definition) is 2. The van der Waals surface area contributed by atoms with Crippen molar-refractivity contribution >= 4 is 29.2 Å². The molecule has 8 nitrogen and oxygen atoms in total. The quantitative estimate of drug-likeness (QED) is 0.467. The predicted octanol–water partition coefficient (Wildman–Crippen LogP) is 1.63. The Labute approximate surface area is 118 Å². The Hall–Kier alpha value is -2.22. The molecule has 0 aliphatic heterocycles. The summed E-state index contributed by atoms with van der Waals surface area (Å²) >= 11 is 5.60. The summed E-state index contributed by atoms with van der Waals surface area (Å²) in [6.45, 7) is 1.76. The average Bonchev–Trinajstić information content (AvgIpc) is 2.37. The molecule has 0 unspecified atom stereocenters. The lowest BCUT2D eigenvalue weighted by molar-refractivity contribution is -0.385. The van der Waals surface area contributed by atoms with Gasteiger partial charge in [0, 0.05) is 0 Å². The number of rotatable bonds is 6. The lowest BCUT2D eigenvalue weighted by Gasteiger charge is -2.13. The van der Waals surface area contributed by atoms with Gasteiger partial charge in [-0.1, -0.05) is 24.9 Å². The smallest absolute Gasteiger partial charge is 0.326 e. The molecule has 0 fully saturated rings. The second kappa shape index (κ2) is 6.80. The van der Waals surface area contributed by atoms with Gasteiger partial charge in [-0.05, 0) is 12.5 Å². The Balaban J connectivity index is 3.05. The number of aromatic nitrogens is 1. The van der Waals surface area contributed by atoms with Gasteiger partial charge in [-0.2, -0.15) is 0 Å². The number of amides is 1. The molecule has 9 heteroatoms. The molecule has 0 bridgehead atoms. The van der Waals surface area contributed by atoms with E-state index in [1.165, 1.54) is 0 Å². The maximum atomic E-state index is 11.9. The second-order valence-corrected chi connectivity index (χ2v) is 4.32. The molecule has 0 aliphatic rings. The fraction of sp³-hybridized carbons (Fsp3) is 0.364. The highest BCUT2D eigenvalue weighted by molar-refractivity contribution is 6.29. The number of pyridine rings is 1. The Morgan fingerprint density at radius 1 is 1.60 bits per heavy atom. The maximum Gasteiger partial charge on any atom is 0.326 e. The zero-order valence-electron chi connectivity index (χ0n) is 10.5. The van der Waals surface area contributed by atoms with Gasteiger partial charge in [-0.25, -0.2) is 9.78 Å². The number of carboxylic acid groups (broad SMARTS) is 1. The number of aliphatic carboxylic acids is 1. The maximum absolute atomic E-state index is 11.9. The molecular weight excluding hydrogens is 290 g/mol. The summed E-state index contributed by atoms with van der Waals surface area (Å²) < 4.78 is 0. The molecule has 2 N–H and O–H groups in total. The van der Waals surface area contributed by atoms with Gasteiger partial charge in [0.05, 0.1) is 4.92 Å². The van der Waals surface area contributed by atoms with Gasteiger partial charge in [0.15, 0.2) is 0 Å². The molecule has 0 aliphatic carbocycles. The number of nitrogens with one attached hydrogen (secondary N) is 1. The van der Waals surface area contributed by atoms with Gasteiger partial charge in [-0.15, -0.1) is 0 Å². The van der Waals surface area contributed by atoms with Crippen LogP contribution in [0.1, 0.15) is 30.1 Å². The van der Waals surface area contributed by atoms with E-state index >= 15 is 0 Å². The molecule has 0 spiro atoms. The highest BCUT2D eigenvalue weighted by atomic mass is 35.5. The molecule has 0 radical (unpaired) electrons. The van der Waals surface area contributed by atoms with Crippen LogP contribution in [0, 0.1) is 10.1 Å². The zero-order chi connectivity index (χ0) is 15.3. The summed E-state index contributed by atoms with van der Waals surface area (Å²) in [6, 6.07) is -0.0843. The number of carboxylic acids is 1. The third kappa shape index (κ3) is 3.89. The van der Waals surface area contributed by atoms with Gasteiger partial charge in [0.25, 0.3) is 11.6 Å². The highest BCUT2D eigenvalue weighted by Gasteiger charge is 2.25. The average molecular weight is 302 g/mol. The van der Waals surface area contributed by atoms with Crippen molar-refractivity contribution in [1.29, 1.82) is 0 Å². The minimum absolute atomic E-state index is 0.0943. The lowest BCUT2D eigenvalue weighted by Crippen LogP contribution is -2.40. The van der Waals surface area contributed by atoms with Crippen molar-refractivity contribution in [3.63, 3.8) is 0 Å². The molecule has 0 saturated carbocycles. The minimum atomic E-state index is -1.21. The first kappa shape index (κ1) is 15.8. The van der Waals surface area contributed by atoms with E-state index in [2.05, 4.69) is 10.3 Å². The minimum Gasteiger partial charge on any atom is -0.480 e. The highest BCUT2D eigenvalue weighted by Crippen LogP contribution is 2.20. The van der Waals surface area contributed by atoms with Gasteiger partial charge in [0.1, 0.15) is 23.0 Å². The fourth-order valence-corrected chi connectivity index (χ4v) is 1.69. The molecule has 1 amide bonds. The number of carbonyl (C=O) groups excluding carboxylic acids is 1. The van der Waals surface area contributed by atoms with Crippen molar-refractivity contribution in [3.8, 4) is 0 Å². The van der Waals surface area contributed by atoms with Gasteiger partial charge in [0.2, 0.25) is 0 Å². The number of halogens is 1. The molecule has 1 aromatic heterocycles. The molecule has 20 heavy (non-hydrogen) atoms. The third-order valence-corrected chi connectivity index (χ3v) is 2.68. The van der Waals surface area contributed by atoms with Crippen molar-refractivity contribution in [2.45, 2.75) is 25.8 Å². The predicted molar refractivity (Wildman–Crippen MR) is 69.7 cm³/mol. The number of hydrogen-bond acceptors (Lipinski definition) is 5. The molecule has 1 atom stereocenters. The van der Waals surface area contributed by atoms with Crippen molar-refractivity contribution < 1.29 is 19.6 Å². The Morgan fingerprint density at radius 2 is 2.25 bits per heavy atom. The van der Waals surface area contributed by atoms with Crippen LogP contribution in [0.2, 0.25) is 5.15 Å². The monoisotopic (exact) mass is 301 g/mol. The van der Waals surface area contributed by atoms with Crippen molar-refractivity contribution in [3.05, 3.63) is 33.1 Å². The van der Waals surface area contributed by atoms with E-state index in [9.17, 15) is 19.7 Å². The Bertz CT molecular complexity index is 549. The topological polar surface area (TPSA) is 122 Å². The van der Waals surface area contributed by atoms with Crippen LogP contribution in [0.5, 0.6) is 0 Å². The first-order chi connectivity index (χ1) is 9.36. The van der Waals surface area contributed by atoms with Gasteiger partial charge < -0.3 is 10.4 Å². The Kier molecular flexibility index (Phi) is 5.39. The lowest BCUT2D eigenvalue weighted by atomic mass is 10.1. The third-order valence-electron chi connectivity index (χ3n) is 2.47. The number of nitrogens with zero attached hydrogens (tertiary/aromatic N) is 2. The van der Waals surface area contributed by atoms with Crippen molar-refractivity contribution in [2.24, 2.45) is 0 Å². The molecule has 1 rings (SSSR count). The van der Waals surface area contributed by atoms with E-state index < -0.39 is 28.5 Å². The van der Waals surface area contributed by atoms with Crippen LogP contribution in [-0.2, 0) is 4.79 Å². The molecule has 108 valence electrons. The van der Waals surface area contributed by atoms with Crippen LogP contribution < -0.4 is 5.32 Å². The van der Waals surface area contributed by atoms with Crippen molar-refractivity contribution in [2.75, 3.05) is 0 Å². The van der Waals surface area contributed by atoms with Gasteiger partial charge >= 0.3 is 5.97 Å². The fourth-order valence-electron chi connectivity index (χ4n) is 1.53. The van der Waals surface area contributed by atoms with E-state index in [4.69, 9.17) is 16.7 Å². The van der Waals surface area contributed by atoms with E-state index in [1.807, 2.05) is 0 Å². The van der Waals surface area contributed by atoms with Crippen LogP contribution in [0.3, 0.4) is 0 Å². The van der Waals surface area contributed by atoms with Gasteiger partial charge in [-0.3, -0.25) is 14.9 Å². The van der Waals surface area contributed by atoms with E-state index in [-0.39, 0.29) is 17.1 Å². The number of nitro groups is 1. The first-order valence-corrected chi connectivity index (χ1v) is 6.08. The van der Waals surface area contributed by atoms with E-state index in [1.54, 1.807) is 6.92 Å². The van der Waals surface area contributed by atoms with E-state index in [0.717, 1.165) is 12.3 Å². The summed E-state index contributed by atoms with van der Waals surface area (Å²) in [5.41, 5.74) is -0.857. The van der Waals surface area contributed by atoms with Crippen LogP contribution in [0.4, 0.5) is 5.69 Å². The number of carbonyl (C=O) groups is 2. The second-order valence-electron chi connectivity index (χ2n) is 3.93. The molecule has 0 aromatic carbocycles. The summed E-state index contributed by atoms with van der Waals surface area (Å²) in [5.74, 6) is -2.08. The Morgan fingerprint density at radius 3 is 2.75 bits per heavy atom. The van der Waals surface area contributed by atoms with E-state index in [0.29, 0.717) is 6.42 Å². The van der Waals surface area contributed by atoms with Crippen molar-refractivity contribution in [1.82, 2.24) is 10.3 Å². The van der Waals surface area contributed by atoms with Crippen LogP contribution in [0.15, 0.2) is 12.3 Å². The standard InChI is InChI=1S/C11H12ClN3O5/c1-2-3-7(11(17)18)14-10(16)6-4-9(12)13-5-8(6)15(19)20/h4-5,7H,2-3H2,1H3,(H,14,16)(H,17,18)/t7-/m1/s1. The normalized spacial score (nSPS) is 11.7. The first-order valence-electron chi connectivity index (χ1n) is 5.70. The summed E-state index contributed by atoms with van der Waals surface area (Å²) in [6.07, 6.45) is 1.61.